The van der Waals surface area contributed by atoms with Crippen LogP contribution in [0.15, 0.2) is 109 Å². The van der Waals surface area contributed by atoms with Gasteiger partial charge in [0.25, 0.3) is 7.82 Å². The van der Waals surface area contributed by atoms with Gasteiger partial charge in [0.05, 0.1) is 27.7 Å². The molecule has 0 bridgehead atoms. The number of rotatable bonds is 61. The molecule has 0 spiro atoms. The van der Waals surface area contributed by atoms with Crippen LogP contribution < -0.4 is 4.89 Å². The second-order valence-electron chi connectivity index (χ2n) is 23.5. The molecule has 0 amide bonds. The van der Waals surface area contributed by atoms with E-state index in [2.05, 4.69) is 123 Å². The zero-order valence-electron chi connectivity index (χ0n) is 53.7. The summed E-state index contributed by atoms with van der Waals surface area (Å²) in [6.07, 6.45) is 87.2. The molecule has 10 heteroatoms. The summed E-state index contributed by atoms with van der Waals surface area (Å²) >= 11 is 0. The van der Waals surface area contributed by atoms with Crippen molar-refractivity contribution in [3.63, 3.8) is 0 Å². The summed E-state index contributed by atoms with van der Waals surface area (Å²) in [6.45, 7) is 4.13. The van der Waals surface area contributed by atoms with E-state index in [4.69, 9.17) is 18.5 Å². The summed E-state index contributed by atoms with van der Waals surface area (Å²) in [6, 6.07) is 0. The van der Waals surface area contributed by atoms with E-state index >= 15 is 0 Å². The van der Waals surface area contributed by atoms with Crippen LogP contribution in [-0.4, -0.2) is 70.0 Å². The van der Waals surface area contributed by atoms with Crippen molar-refractivity contribution in [2.75, 3.05) is 47.5 Å². The van der Waals surface area contributed by atoms with Gasteiger partial charge >= 0.3 is 11.9 Å². The Kier molecular flexibility index (Phi) is 59.7. The third-order valence-electron chi connectivity index (χ3n) is 14.3. The summed E-state index contributed by atoms with van der Waals surface area (Å²) in [7, 11) is 1.16. The van der Waals surface area contributed by atoms with E-state index in [1.165, 1.54) is 154 Å². The van der Waals surface area contributed by atoms with Crippen LogP contribution in [0.4, 0.5) is 0 Å². The van der Waals surface area contributed by atoms with Crippen LogP contribution in [0.2, 0.25) is 0 Å². The molecule has 2 unspecified atom stereocenters. The maximum Gasteiger partial charge on any atom is 0.306 e. The minimum absolute atomic E-state index is 0.0363. The van der Waals surface area contributed by atoms with Crippen molar-refractivity contribution in [2.24, 2.45) is 0 Å². The van der Waals surface area contributed by atoms with Crippen LogP contribution in [0.1, 0.15) is 284 Å². The molecule has 0 rings (SSSR count). The first kappa shape index (κ1) is 78.7. The molecule has 0 fully saturated rings. The van der Waals surface area contributed by atoms with Crippen molar-refractivity contribution in [3.8, 4) is 0 Å². The van der Waals surface area contributed by atoms with Crippen LogP contribution in [-0.2, 0) is 32.7 Å². The number of phosphoric ester groups is 1. The van der Waals surface area contributed by atoms with Gasteiger partial charge in [-0.2, -0.15) is 0 Å². The molecule has 0 heterocycles. The van der Waals surface area contributed by atoms with E-state index in [1.807, 2.05) is 21.1 Å². The van der Waals surface area contributed by atoms with Gasteiger partial charge in [0.15, 0.2) is 6.10 Å². The van der Waals surface area contributed by atoms with Crippen molar-refractivity contribution < 1.29 is 42.1 Å². The first-order chi connectivity index (χ1) is 40.0. The van der Waals surface area contributed by atoms with Crippen LogP contribution in [0.25, 0.3) is 0 Å². The Labute approximate surface area is 506 Å². The molecular weight excluding hydrogens is 1040 g/mol. The van der Waals surface area contributed by atoms with E-state index in [0.29, 0.717) is 17.4 Å². The third kappa shape index (κ3) is 65.8. The van der Waals surface area contributed by atoms with Crippen molar-refractivity contribution in [3.05, 3.63) is 109 Å². The number of carbonyl (C=O) groups is 2. The van der Waals surface area contributed by atoms with Crippen LogP contribution >= 0.6 is 7.82 Å². The Bertz CT molecular complexity index is 1750. The lowest BCUT2D eigenvalue weighted by Crippen LogP contribution is -2.37. The number of nitrogens with zero attached hydrogens (tertiary/aromatic N) is 1. The van der Waals surface area contributed by atoms with Gasteiger partial charge in [-0.1, -0.05) is 277 Å². The highest BCUT2D eigenvalue weighted by Crippen LogP contribution is 2.38. The zero-order chi connectivity index (χ0) is 59.8. The first-order valence-corrected chi connectivity index (χ1v) is 35.1. The molecule has 0 aromatic heterocycles. The zero-order valence-corrected chi connectivity index (χ0v) is 54.6. The van der Waals surface area contributed by atoms with Gasteiger partial charge in [-0.15, -0.1) is 0 Å². The van der Waals surface area contributed by atoms with E-state index < -0.39 is 26.5 Å². The molecule has 0 radical (unpaired) electrons. The quantitative estimate of drug-likeness (QED) is 0.0195. The molecule has 82 heavy (non-hydrogen) atoms. The minimum atomic E-state index is -4.65. The highest BCUT2D eigenvalue weighted by atomic mass is 31.2. The van der Waals surface area contributed by atoms with Gasteiger partial charge in [-0.3, -0.25) is 14.2 Å². The van der Waals surface area contributed by atoms with Crippen molar-refractivity contribution in [1.29, 1.82) is 0 Å². The molecule has 0 aromatic carbocycles. The van der Waals surface area contributed by atoms with Crippen molar-refractivity contribution in [2.45, 2.75) is 290 Å². The molecule has 0 aliphatic rings. The summed E-state index contributed by atoms with van der Waals surface area (Å²) in [5.41, 5.74) is 0. The second kappa shape index (κ2) is 62.2. The predicted molar refractivity (Wildman–Crippen MR) is 351 cm³/mol. The number of allylic oxidation sites excluding steroid dienone is 18. The lowest BCUT2D eigenvalue weighted by atomic mass is 10.0. The Morgan fingerprint density at radius 3 is 1.04 bits per heavy atom. The molecule has 472 valence electrons. The summed E-state index contributed by atoms with van der Waals surface area (Å²) in [5.74, 6) is -0.838. The topological polar surface area (TPSA) is 111 Å². The largest absolute Gasteiger partial charge is 0.756 e. The monoisotopic (exact) mass is 1160 g/mol. The Morgan fingerprint density at radius 2 is 0.695 bits per heavy atom. The average Bonchev–Trinajstić information content (AvgIpc) is 3.46. The molecule has 0 aliphatic carbocycles. The molecule has 0 saturated carbocycles. The van der Waals surface area contributed by atoms with E-state index in [0.717, 1.165) is 96.3 Å². The van der Waals surface area contributed by atoms with E-state index in [-0.39, 0.29) is 32.0 Å². The molecule has 0 aliphatic heterocycles. The predicted octanol–water partition coefficient (Wildman–Crippen LogP) is 21.1. The SMILES string of the molecule is CC/C=C\C/C=C\C/C=C\C/C=C\C/C=C\C/C=C\C/C=C\CCCCCCCCCCCC(=O)OC(COC(=O)CCCCCCCCCCCCCCCCC/C=C\C/C=C\CCCCCCC)COP(=O)([O-])OCC[N+](C)(C)C. The van der Waals surface area contributed by atoms with E-state index in [1.54, 1.807) is 0 Å². The highest BCUT2D eigenvalue weighted by Gasteiger charge is 2.22. The van der Waals surface area contributed by atoms with Gasteiger partial charge in [0.2, 0.25) is 0 Å². The number of likely N-dealkylation sites (N-methyl/N-ethyl adjacent to an activating group) is 1. The van der Waals surface area contributed by atoms with Gasteiger partial charge in [0, 0.05) is 12.8 Å². The fourth-order valence-corrected chi connectivity index (χ4v) is 9.87. The number of carbonyl (C=O) groups excluding carboxylic acids is 2. The number of quaternary nitrogens is 1. The van der Waals surface area contributed by atoms with Gasteiger partial charge in [-0.05, 0) is 103 Å². The Morgan fingerprint density at radius 1 is 0.390 bits per heavy atom. The highest BCUT2D eigenvalue weighted by molar-refractivity contribution is 7.45. The van der Waals surface area contributed by atoms with Gasteiger partial charge in [-0.25, -0.2) is 0 Å². The number of hydrogen-bond acceptors (Lipinski definition) is 8. The number of phosphoric acid groups is 1. The standard InChI is InChI=1S/C72H126NO8P/c1-6-8-10-12-14-16-18-20-22-24-26-28-30-32-34-35-36-37-39-41-43-45-47-49-51-53-55-57-59-61-63-65-72(75)81-70(69-80-82(76,77)79-67-66-73(3,4)5)68-78-71(74)64-62-60-58-56-54-52-50-48-46-44-42-40-38-33-31-29-27-25-23-21-19-17-15-13-11-9-7-2/h8,10,14,16,19-22,25-28,32,34,36-37,41,43,70H,6-7,9,11-13,15,17-18,23-24,29-31,33,35,38-40,42,44-69H2,1-5H3/b10-8-,16-14-,21-19-,22-20-,27-25-,28-26-,34-32-,37-36-,43-41-. The minimum Gasteiger partial charge on any atom is -0.756 e. The Balaban J connectivity index is 4.12. The smallest absolute Gasteiger partial charge is 0.306 e. The normalized spacial score (nSPS) is 13.9. The summed E-state index contributed by atoms with van der Waals surface area (Å²) in [5, 5.41) is 0. The summed E-state index contributed by atoms with van der Waals surface area (Å²) in [4.78, 5) is 38.0. The lowest BCUT2D eigenvalue weighted by Gasteiger charge is -2.28. The number of esters is 2. The maximum absolute atomic E-state index is 12.9. The molecule has 2 atom stereocenters. The Hall–Kier alpha value is -3.33. The molecule has 9 nitrogen and oxygen atoms in total. The van der Waals surface area contributed by atoms with E-state index in [9.17, 15) is 19.0 Å². The number of hydrogen-bond donors (Lipinski definition) is 0. The maximum atomic E-state index is 12.9. The van der Waals surface area contributed by atoms with Crippen molar-refractivity contribution in [1.82, 2.24) is 0 Å². The lowest BCUT2D eigenvalue weighted by molar-refractivity contribution is -0.870. The van der Waals surface area contributed by atoms with Gasteiger partial charge < -0.3 is 27.9 Å². The fraction of sp³-hybridized carbons (Fsp3) is 0.722. The number of ether oxygens (including phenoxy) is 2. The molecular formula is C72H126NO8P. The third-order valence-corrected chi connectivity index (χ3v) is 15.2. The van der Waals surface area contributed by atoms with Crippen LogP contribution in [0.5, 0.6) is 0 Å². The fourth-order valence-electron chi connectivity index (χ4n) is 9.14. The van der Waals surface area contributed by atoms with Crippen LogP contribution in [0, 0.1) is 0 Å². The van der Waals surface area contributed by atoms with Crippen LogP contribution in [0.3, 0.4) is 0 Å². The van der Waals surface area contributed by atoms with Gasteiger partial charge in [0.1, 0.15) is 19.8 Å². The summed E-state index contributed by atoms with van der Waals surface area (Å²) < 4.78 is 34.3. The molecule has 0 aromatic rings. The first-order valence-electron chi connectivity index (χ1n) is 33.6. The number of unbranched alkanes of at least 4 members (excludes halogenated alkanes) is 29. The average molecular weight is 1160 g/mol. The second-order valence-corrected chi connectivity index (χ2v) is 24.9. The molecule has 0 N–H and O–H groups in total. The van der Waals surface area contributed by atoms with Crippen molar-refractivity contribution >= 4 is 19.8 Å². The molecule has 0 saturated heterocycles.